The Kier molecular flexibility index (Phi) is 4.22. The van der Waals surface area contributed by atoms with Gasteiger partial charge in [-0.15, -0.1) is 0 Å². The van der Waals surface area contributed by atoms with Crippen LogP contribution in [-0.2, 0) is 11.2 Å². The van der Waals surface area contributed by atoms with Gasteiger partial charge in [0, 0.05) is 6.42 Å². The number of benzene rings is 1. The number of carbonyl (C=O) groups excluding carboxylic acids is 1. The summed E-state index contributed by atoms with van der Waals surface area (Å²) in [5.41, 5.74) is 8.02. The molecule has 1 amide bonds. The molecule has 0 aliphatic heterocycles. The standard InChI is InChI=1S/C15H22N2O2/c1-3-9(2)13(16)15(19)17-14-11-7-5-4-6-10(11)8-12(14)18/h4-7,9,12-14,18H,3,8,16H2,1-2H3,(H,17,19)/t9-,12+,13-,14-/m0/s1. The van der Waals surface area contributed by atoms with Crippen molar-refractivity contribution >= 4 is 5.91 Å². The fraction of sp³-hybridized carbons (Fsp3) is 0.533. The largest absolute Gasteiger partial charge is 0.390 e. The first-order valence-electron chi connectivity index (χ1n) is 6.86. The third-order valence-corrected chi connectivity index (χ3v) is 4.06. The third kappa shape index (κ3) is 2.80. The molecular weight excluding hydrogens is 240 g/mol. The summed E-state index contributed by atoms with van der Waals surface area (Å²) in [4.78, 5) is 12.1. The van der Waals surface area contributed by atoms with Crippen LogP contribution in [0.1, 0.15) is 37.4 Å². The predicted octanol–water partition coefficient (Wildman–Crippen LogP) is 1.13. The van der Waals surface area contributed by atoms with Crippen LogP contribution in [0.3, 0.4) is 0 Å². The molecule has 1 aliphatic carbocycles. The van der Waals surface area contributed by atoms with Gasteiger partial charge in [0.1, 0.15) is 0 Å². The van der Waals surface area contributed by atoms with Gasteiger partial charge in [0.2, 0.25) is 5.91 Å². The summed E-state index contributed by atoms with van der Waals surface area (Å²) < 4.78 is 0. The SMILES string of the molecule is CC[C@H](C)[C@H](N)C(=O)N[C@H]1c2ccccc2C[C@H]1O. The molecule has 0 unspecified atom stereocenters. The van der Waals surface area contributed by atoms with Crippen LogP contribution in [0, 0.1) is 5.92 Å². The number of nitrogens with two attached hydrogens (primary N) is 1. The van der Waals surface area contributed by atoms with Crippen LogP contribution in [0.15, 0.2) is 24.3 Å². The van der Waals surface area contributed by atoms with Gasteiger partial charge in [-0.3, -0.25) is 4.79 Å². The van der Waals surface area contributed by atoms with E-state index < -0.39 is 12.1 Å². The van der Waals surface area contributed by atoms with E-state index in [1.54, 1.807) is 0 Å². The molecule has 19 heavy (non-hydrogen) atoms. The van der Waals surface area contributed by atoms with E-state index in [0.29, 0.717) is 6.42 Å². The Morgan fingerprint density at radius 1 is 1.53 bits per heavy atom. The number of hydrogen-bond donors (Lipinski definition) is 3. The maximum atomic E-state index is 12.1. The Hall–Kier alpha value is -1.39. The lowest BCUT2D eigenvalue weighted by Gasteiger charge is -2.23. The Balaban J connectivity index is 2.09. The molecule has 0 bridgehead atoms. The van der Waals surface area contributed by atoms with Crippen molar-refractivity contribution in [3.63, 3.8) is 0 Å². The van der Waals surface area contributed by atoms with Gasteiger partial charge in [0.25, 0.3) is 0 Å². The molecule has 2 rings (SSSR count). The van der Waals surface area contributed by atoms with Gasteiger partial charge in [-0.1, -0.05) is 44.5 Å². The second kappa shape index (κ2) is 5.72. The van der Waals surface area contributed by atoms with E-state index in [2.05, 4.69) is 5.32 Å². The topological polar surface area (TPSA) is 75.4 Å². The zero-order chi connectivity index (χ0) is 14.0. The second-order valence-electron chi connectivity index (χ2n) is 5.37. The zero-order valence-electron chi connectivity index (χ0n) is 11.5. The molecule has 4 nitrogen and oxygen atoms in total. The second-order valence-corrected chi connectivity index (χ2v) is 5.37. The summed E-state index contributed by atoms with van der Waals surface area (Å²) in [6, 6.07) is 6.94. The zero-order valence-corrected chi connectivity index (χ0v) is 11.5. The minimum atomic E-state index is -0.564. The molecule has 0 radical (unpaired) electrons. The first kappa shape index (κ1) is 14.0. The number of fused-ring (bicyclic) bond motifs is 1. The van der Waals surface area contributed by atoms with E-state index >= 15 is 0 Å². The minimum Gasteiger partial charge on any atom is -0.390 e. The molecule has 0 saturated heterocycles. The summed E-state index contributed by atoms with van der Waals surface area (Å²) in [5.74, 6) is -0.0520. The number of rotatable bonds is 4. The first-order valence-corrected chi connectivity index (χ1v) is 6.86. The first-order chi connectivity index (χ1) is 9.04. The lowest BCUT2D eigenvalue weighted by Crippen LogP contribution is -2.47. The summed E-state index contributed by atoms with van der Waals surface area (Å²) in [6.45, 7) is 3.97. The van der Waals surface area contributed by atoms with Crippen LogP contribution in [0.25, 0.3) is 0 Å². The van der Waals surface area contributed by atoms with Crippen molar-refractivity contribution in [1.82, 2.24) is 5.32 Å². The number of aliphatic hydroxyl groups is 1. The average Bonchev–Trinajstić information content (AvgIpc) is 2.73. The highest BCUT2D eigenvalue weighted by atomic mass is 16.3. The van der Waals surface area contributed by atoms with E-state index in [1.165, 1.54) is 0 Å². The molecule has 1 aromatic rings. The van der Waals surface area contributed by atoms with Crippen molar-refractivity contribution in [3.05, 3.63) is 35.4 Å². The minimum absolute atomic E-state index is 0.133. The molecule has 0 heterocycles. The van der Waals surface area contributed by atoms with Gasteiger partial charge in [0.05, 0.1) is 18.2 Å². The average molecular weight is 262 g/mol. The highest BCUT2D eigenvalue weighted by Gasteiger charge is 2.33. The van der Waals surface area contributed by atoms with E-state index in [4.69, 9.17) is 5.73 Å². The number of nitrogens with one attached hydrogen (secondary N) is 1. The lowest BCUT2D eigenvalue weighted by atomic mass is 9.98. The number of aliphatic hydroxyl groups excluding tert-OH is 1. The predicted molar refractivity (Wildman–Crippen MR) is 74.5 cm³/mol. The third-order valence-electron chi connectivity index (χ3n) is 4.06. The van der Waals surface area contributed by atoms with E-state index in [-0.39, 0.29) is 17.9 Å². The molecule has 0 fully saturated rings. The van der Waals surface area contributed by atoms with Crippen molar-refractivity contribution in [2.24, 2.45) is 11.7 Å². The molecule has 1 aliphatic rings. The number of hydrogen-bond acceptors (Lipinski definition) is 3. The Labute approximate surface area is 114 Å². The van der Waals surface area contributed by atoms with Gasteiger partial charge in [0.15, 0.2) is 0 Å². The molecule has 4 N–H and O–H groups in total. The molecule has 4 atom stereocenters. The van der Waals surface area contributed by atoms with Crippen LogP contribution in [-0.4, -0.2) is 23.2 Å². The number of carbonyl (C=O) groups is 1. The molecule has 4 heteroatoms. The van der Waals surface area contributed by atoms with Crippen LogP contribution in [0.2, 0.25) is 0 Å². The normalized spacial score (nSPS) is 24.6. The Bertz CT molecular complexity index is 461. The van der Waals surface area contributed by atoms with Gasteiger partial charge < -0.3 is 16.2 Å². The maximum Gasteiger partial charge on any atom is 0.237 e. The van der Waals surface area contributed by atoms with E-state index in [1.807, 2.05) is 38.1 Å². The Morgan fingerprint density at radius 3 is 2.89 bits per heavy atom. The van der Waals surface area contributed by atoms with Crippen LogP contribution >= 0.6 is 0 Å². The monoisotopic (exact) mass is 262 g/mol. The van der Waals surface area contributed by atoms with Gasteiger partial charge in [-0.25, -0.2) is 0 Å². The summed E-state index contributed by atoms with van der Waals surface area (Å²) in [7, 11) is 0. The molecule has 0 aromatic heterocycles. The van der Waals surface area contributed by atoms with Crippen LogP contribution in [0.5, 0.6) is 0 Å². The van der Waals surface area contributed by atoms with Crippen molar-refractivity contribution in [2.45, 2.75) is 44.9 Å². The fourth-order valence-corrected chi connectivity index (χ4v) is 2.51. The summed E-state index contributed by atoms with van der Waals surface area (Å²) in [5, 5.41) is 13.0. The summed E-state index contributed by atoms with van der Waals surface area (Å²) in [6.07, 6.45) is 0.878. The van der Waals surface area contributed by atoms with Crippen molar-refractivity contribution in [2.75, 3.05) is 0 Å². The maximum absolute atomic E-state index is 12.1. The van der Waals surface area contributed by atoms with E-state index in [9.17, 15) is 9.90 Å². The van der Waals surface area contributed by atoms with Gasteiger partial charge >= 0.3 is 0 Å². The lowest BCUT2D eigenvalue weighted by molar-refractivity contribution is -0.124. The molecule has 1 aromatic carbocycles. The van der Waals surface area contributed by atoms with Crippen LogP contribution in [0.4, 0.5) is 0 Å². The fourth-order valence-electron chi connectivity index (χ4n) is 2.51. The Morgan fingerprint density at radius 2 is 2.21 bits per heavy atom. The van der Waals surface area contributed by atoms with Crippen LogP contribution < -0.4 is 11.1 Å². The molecular formula is C15H22N2O2. The van der Waals surface area contributed by atoms with E-state index in [0.717, 1.165) is 17.5 Å². The number of amides is 1. The van der Waals surface area contributed by atoms with Crippen molar-refractivity contribution in [3.8, 4) is 0 Å². The van der Waals surface area contributed by atoms with Gasteiger partial charge in [-0.2, -0.15) is 0 Å². The molecule has 0 saturated carbocycles. The molecule has 104 valence electrons. The highest BCUT2D eigenvalue weighted by molar-refractivity contribution is 5.82. The van der Waals surface area contributed by atoms with Gasteiger partial charge in [-0.05, 0) is 17.0 Å². The molecule has 0 spiro atoms. The quantitative estimate of drug-likeness (QED) is 0.761. The smallest absolute Gasteiger partial charge is 0.237 e. The summed E-state index contributed by atoms with van der Waals surface area (Å²) >= 11 is 0. The highest BCUT2D eigenvalue weighted by Crippen LogP contribution is 2.31. The van der Waals surface area contributed by atoms with Crippen molar-refractivity contribution < 1.29 is 9.90 Å². The van der Waals surface area contributed by atoms with Crippen molar-refractivity contribution in [1.29, 1.82) is 0 Å².